The smallest absolute Gasteiger partial charge is 0.285 e. The number of benzene rings is 2. The summed E-state index contributed by atoms with van der Waals surface area (Å²) in [5.41, 5.74) is 1.10. The number of aromatic hydroxyl groups is 1. The highest BCUT2D eigenvalue weighted by Gasteiger charge is 2.21. The number of nitrogens with zero attached hydrogens (tertiary/aromatic N) is 4. The summed E-state index contributed by atoms with van der Waals surface area (Å²) in [6.45, 7) is -0.547. The van der Waals surface area contributed by atoms with Crippen LogP contribution in [0, 0.1) is 0 Å². The third kappa shape index (κ3) is 4.00. The number of hydrogen-bond acceptors (Lipinski definition) is 5. The molecule has 1 amide bonds. The molecule has 1 heterocycles. The summed E-state index contributed by atoms with van der Waals surface area (Å²) in [5.74, 6) is -0.940. The van der Waals surface area contributed by atoms with E-state index in [0.717, 1.165) is 16.1 Å². The van der Waals surface area contributed by atoms with Gasteiger partial charge in [-0.25, -0.2) is 8.42 Å². The van der Waals surface area contributed by atoms with Crippen LogP contribution in [0.15, 0.2) is 58.8 Å². The highest BCUT2D eigenvalue weighted by molar-refractivity contribution is 7.92. The van der Waals surface area contributed by atoms with E-state index in [1.807, 2.05) is 6.07 Å². The predicted molar refractivity (Wildman–Crippen MR) is 108 cm³/mol. The Balaban J connectivity index is 1.89. The van der Waals surface area contributed by atoms with Gasteiger partial charge in [0, 0.05) is 17.5 Å². The molecule has 10 heteroatoms. The number of carbonyl (C=O) groups is 1. The van der Waals surface area contributed by atoms with E-state index in [4.69, 9.17) is 11.6 Å². The lowest BCUT2D eigenvalue weighted by Gasteiger charge is -2.20. The molecular formula is C18H17ClN4O4S. The molecule has 146 valence electrons. The maximum atomic E-state index is 12.3. The normalized spacial score (nSPS) is 12.0. The van der Waals surface area contributed by atoms with Crippen molar-refractivity contribution in [3.8, 4) is 5.88 Å². The van der Waals surface area contributed by atoms with Crippen molar-refractivity contribution in [2.75, 3.05) is 17.1 Å². The molecular weight excluding hydrogens is 404 g/mol. The average Bonchev–Trinajstić information content (AvgIpc) is 2.88. The predicted octanol–water partition coefficient (Wildman–Crippen LogP) is 3.61. The van der Waals surface area contributed by atoms with Crippen molar-refractivity contribution in [2.24, 2.45) is 17.3 Å². The van der Waals surface area contributed by atoms with Gasteiger partial charge in [-0.2, -0.15) is 0 Å². The monoisotopic (exact) mass is 420 g/mol. The number of halogens is 1. The number of amides is 1. The van der Waals surface area contributed by atoms with Crippen molar-refractivity contribution in [1.82, 2.24) is 4.57 Å². The number of aromatic nitrogens is 1. The molecule has 0 aliphatic rings. The minimum Gasteiger partial charge on any atom is -0.493 e. The lowest BCUT2D eigenvalue weighted by Crippen LogP contribution is -2.34. The molecule has 0 unspecified atom stereocenters. The van der Waals surface area contributed by atoms with Crippen LogP contribution < -0.4 is 4.31 Å². The van der Waals surface area contributed by atoms with E-state index in [1.165, 1.54) is 16.7 Å². The fraction of sp³-hybridized carbons (Fsp3) is 0.167. The lowest BCUT2D eigenvalue weighted by atomic mass is 10.2. The second kappa shape index (κ2) is 7.61. The molecule has 0 spiro atoms. The first-order valence-corrected chi connectivity index (χ1v) is 10.4. The van der Waals surface area contributed by atoms with Crippen molar-refractivity contribution >= 4 is 49.8 Å². The Labute approximate surface area is 166 Å². The summed E-state index contributed by atoms with van der Waals surface area (Å²) in [6.07, 6.45) is 0.981. The van der Waals surface area contributed by atoms with Gasteiger partial charge in [0.15, 0.2) is 5.69 Å². The molecule has 0 saturated carbocycles. The van der Waals surface area contributed by atoms with Crippen LogP contribution in [0.5, 0.6) is 5.88 Å². The standard InChI is InChI=1S/C18H17ClN4O4S/c1-22-15-9-4-3-8-14(15)17(18(22)25)21-20-16(24)11-23(28(2,26)27)13-7-5-6-12(19)10-13/h3-10,25H,11H2,1-2H3. The van der Waals surface area contributed by atoms with Crippen molar-refractivity contribution in [2.45, 2.75) is 0 Å². The molecule has 8 nitrogen and oxygen atoms in total. The summed E-state index contributed by atoms with van der Waals surface area (Å²) in [4.78, 5) is 12.3. The number of hydrogen-bond donors (Lipinski definition) is 1. The quantitative estimate of drug-likeness (QED) is 0.636. The van der Waals surface area contributed by atoms with Crippen LogP contribution in [-0.2, 0) is 21.9 Å². The third-order valence-corrected chi connectivity index (χ3v) is 5.46. The van der Waals surface area contributed by atoms with Crippen molar-refractivity contribution < 1.29 is 18.3 Å². The molecule has 0 radical (unpaired) electrons. The second-order valence-corrected chi connectivity index (χ2v) is 8.43. The van der Waals surface area contributed by atoms with E-state index in [0.29, 0.717) is 10.4 Å². The van der Waals surface area contributed by atoms with Gasteiger partial charge in [-0.3, -0.25) is 9.10 Å². The fourth-order valence-corrected chi connectivity index (χ4v) is 3.78. The average molecular weight is 421 g/mol. The van der Waals surface area contributed by atoms with Crippen LogP contribution in [0.1, 0.15) is 0 Å². The molecule has 0 bridgehead atoms. The number of carbonyl (C=O) groups excluding carboxylic acids is 1. The van der Waals surface area contributed by atoms with Gasteiger partial charge in [0.25, 0.3) is 5.91 Å². The van der Waals surface area contributed by atoms with Crippen LogP contribution >= 0.6 is 11.6 Å². The SMILES string of the molecule is Cn1c(O)c(N=NC(=O)CN(c2cccc(Cl)c2)S(C)(=O)=O)c2ccccc21. The zero-order chi connectivity index (χ0) is 20.5. The summed E-state index contributed by atoms with van der Waals surface area (Å²) in [6, 6.07) is 13.2. The van der Waals surface area contributed by atoms with E-state index >= 15 is 0 Å². The van der Waals surface area contributed by atoms with Crippen LogP contribution in [-0.4, -0.2) is 36.8 Å². The first-order valence-electron chi connectivity index (χ1n) is 8.12. The molecule has 1 N–H and O–H groups in total. The number of rotatable bonds is 5. The number of para-hydroxylation sites is 1. The molecule has 2 aromatic carbocycles. The highest BCUT2D eigenvalue weighted by atomic mass is 35.5. The Morgan fingerprint density at radius 2 is 1.93 bits per heavy atom. The summed E-state index contributed by atoms with van der Waals surface area (Å²) in [7, 11) is -2.10. The Bertz CT molecular complexity index is 1190. The van der Waals surface area contributed by atoms with Gasteiger partial charge >= 0.3 is 0 Å². The van der Waals surface area contributed by atoms with Gasteiger partial charge in [0.1, 0.15) is 6.54 Å². The molecule has 1 aromatic heterocycles. The van der Waals surface area contributed by atoms with Gasteiger partial charge in [0.2, 0.25) is 15.9 Å². The number of azo groups is 1. The summed E-state index contributed by atoms with van der Waals surface area (Å²) < 4.78 is 26.6. The molecule has 3 aromatic rings. The molecule has 0 aliphatic heterocycles. The van der Waals surface area contributed by atoms with E-state index in [2.05, 4.69) is 10.2 Å². The topological polar surface area (TPSA) is 104 Å². The molecule has 0 atom stereocenters. The minimum absolute atomic E-state index is 0.139. The molecule has 28 heavy (non-hydrogen) atoms. The van der Waals surface area contributed by atoms with Crippen molar-refractivity contribution in [3.05, 3.63) is 53.6 Å². The summed E-state index contributed by atoms with van der Waals surface area (Å²) >= 11 is 5.91. The Hall–Kier alpha value is -2.91. The minimum atomic E-state index is -3.75. The maximum absolute atomic E-state index is 12.3. The fourth-order valence-electron chi connectivity index (χ4n) is 2.75. The Kier molecular flexibility index (Phi) is 5.39. The maximum Gasteiger partial charge on any atom is 0.285 e. The lowest BCUT2D eigenvalue weighted by molar-refractivity contribution is -0.116. The molecule has 0 saturated heterocycles. The highest BCUT2D eigenvalue weighted by Crippen LogP contribution is 2.37. The Morgan fingerprint density at radius 1 is 1.21 bits per heavy atom. The zero-order valence-corrected chi connectivity index (χ0v) is 16.6. The van der Waals surface area contributed by atoms with Crippen LogP contribution in [0.3, 0.4) is 0 Å². The van der Waals surface area contributed by atoms with Gasteiger partial charge in [-0.05, 0) is 24.3 Å². The van der Waals surface area contributed by atoms with Crippen molar-refractivity contribution in [1.29, 1.82) is 0 Å². The summed E-state index contributed by atoms with van der Waals surface area (Å²) in [5, 5.41) is 18.6. The van der Waals surface area contributed by atoms with Crippen molar-refractivity contribution in [3.63, 3.8) is 0 Å². The zero-order valence-electron chi connectivity index (χ0n) is 15.1. The first-order chi connectivity index (χ1) is 13.2. The number of anilines is 1. The van der Waals surface area contributed by atoms with Crippen LogP contribution in [0.2, 0.25) is 5.02 Å². The number of aryl methyl sites for hydroxylation is 1. The number of sulfonamides is 1. The van der Waals surface area contributed by atoms with Gasteiger partial charge in [-0.15, -0.1) is 10.2 Å². The second-order valence-electron chi connectivity index (χ2n) is 6.09. The van der Waals surface area contributed by atoms with E-state index in [-0.39, 0.29) is 17.3 Å². The van der Waals surface area contributed by atoms with Crippen LogP contribution in [0.25, 0.3) is 10.9 Å². The van der Waals surface area contributed by atoms with Crippen LogP contribution in [0.4, 0.5) is 11.4 Å². The first kappa shape index (κ1) is 19.8. The number of fused-ring (bicyclic) bond motifs is 1. The van der Waals surface area contributed by atoms with E-state index in [9.17, 15) is 18.3 Å². The van der Waals surface area contributed by atoms with E-state index in [1.54, 1.807) is 37.4 Å². The molecule has 0 fully saturated rings. The Morgan fingerprint density at radius 3 is 2.61 bits per heavy atom. The molecule has 3 rings (SSSR count). The third-order valence-electron chi connectivity index (χ3n) is 4.09. The largest absolute Gasteiger partial charge is 0.493 e. The van der Waals surface area contributed by atoms with E-state index < -0.39 is 22.5 Å². The van der Waals surface area contributed by atoms with Gasteiger partial charge in [0.05, 0.1) is 17.5 Å². The van der Waals surface area contributed by atoms with Gasteiger partial charge < -0.3 is 9.67 Å². The molecule has 0 aliphatic carbocycles. The van der Waals surface area contributed by atoms with Gasteiger partial charge in [-0.1, -0.05) is 35.9 Å².